The maximum atomic E-state index is 11.0. The van der Waals surface area contributed by atoms with Crippen LogP contribution >= 0.6 is 0 Å². The van der Waals surface area contributed by atoms with Gasteiger partial charge in [-0.15, -0.1) is 0 Å². The Balaban J connectivity index is 1.90. The highest BCUT2D eigenvalue weighted by Gasteiger charge is 2.21. The van der Waals surface area contributed by atoms with Gasteiger partial charge in [0.2, 0.25) is 0 Å². The minimum atomic E-state index is -1.19. The molecule has 0 fully saturated rings. The van der Waals surface area contributed by atoms with E-state index in [0.717, 1.165) is 11.1 Å². The van der Waals surface area contributed by atoms with Crippen molar-refractivity contribution in [1.82, 2.24) is 10.6 Å². The van der Waals surface area contributed by atoms with Crippen molar-refractivity contribution in [3.8, 4) is 11.5 Å². The van der Waals surface area contributed by atoms with Gasteiger partial charge in [-0.25, -0.2) is 4.79 Å². The molecule has 0 aliphatic carbocycles. The summed E-state index contributed by atoms with van der Waals surface area (Å²) in [6, 6.07) is 13.1. The number of phenolic OH excluding ortho intramolecular Hbond substituents is 2. The van der Waals surface area contributed by atoms with E-state index in [9.17, 15) is 20.1 Å². The molecule has 0 saturated heterocycles. The molecule has 0 saturated carbocycles. The lowest BCUT2D eigenvalue weighted by molar-refractivity contribution is 0.117. The quantitative estimate of drug-likeness (QED) is 0.402. The van der Waals surface area contributed by atoms with E-state index in [1.807, 2.05) is 30.3 Å². The molecular weight excluding hydrogens is 324 g/mol. The molecule has 2 aromatic carbocycles. The van der Waals surface area contributed by atoms with E-state index in [1.54, 1.807) is 6.07 Å². The number of hydrogen-bond donors (Lipinski definition) is 6. The number of carbonyl (C=O) groups is 1. The van der Waals surface area contributed by atoms with Crippen LogP contribution in [-0.2, 0) is 13.0 Å². The number of amides is 1. The minimum Gasteiger partial charge on any atom is -0.504 e. The van der Waals surface area contributed by atoms with Crippen LogP contribution in [0.4, 0.5) is 4.79 Å². The maximum Gasteiger partial charge on any atom is 0.404 e. The van der Waals surface area contributed by atoms with Crippen molar-refractivity contribution in [2.45, 2.75) is 25.1 Å². The summed E-state index contributed by atoms with van der Waals surface area (Å²) >= 11 is 0. The van der Waals surface area contributed by atoms with E-state index in [1.165, 1.54) is 12.1 Å². The topological polar surface area (TPSA) is 122 Å². The third kappa shape index (κ3) is 5.98. The van der Waals surface area contributed by atoms with Crippen LogP contribution in [0.3, 0.4) is 0 Å². The van der Waals surface area contributed by atoms with Crippen molar-refractivity contribution in [1.29, 1.82) is 0 Å². The second-order valence-corrected chi connectivity index (χ2v) is 5.77. The third-order valence-corrected chi connectivity index (χ3v) is 3.79. The molecule has 25 heavy (non-hydrogen) atoms. The molecule has 0 spiro atoms. The van der Waals surface area contributed by atoms with Gasteiger partial charge in [-0.2, -0.15) is 0 Å². The Labute approximate surface area is 145 Å². The van der Waals surface area contributed by atoms with E-state index >= 15 is 0 Å². The monoisotopic (exact) mass is 346 g/mol. The highest BCUT2D eigenvalue weighted by molar-refractivity contribution is 5.65. The largest absolute Gasteiger partial charge is 0.504 e. The van der Waals surface area contributed by atoms with Gasteiger partial charge < -0.3 is 31.1 Å². The molecule has 0 aliphatic heterocycles. The Morgan fingerprint density at radius 2 is 1.72 bits per heavy atom. The van der Waals surface area contributed by atoms with Crippen molar-refractivity contribution >= 4 is 6.09 Å². The zero-order valence-corrected chi connectivity index (χ0v) is 13.6. The highest BCUT2D eigenvalue weighted by atomic mass is 16.4. The van der Waals surface area contributed by atoms with Crippen LogP contribution in [0.2, 0.25) is 0 Å². The van der Waals surface area contributed by atoms with E-state index in [2.05, 4.69) is 10.6 Å². The lowest BCUT2D eigenvalue weighted by Crippen LogP contribution is -2.48. The Morgan fingerprint density at radius 3 is 2.36 bits per heavy atom. The Kier molecular flexibility index (Phi) is 6.62. The van der Waals surface area contributed by atoms with Gasteiger partial charge in [-0.3, -0.25) is 0 Å². The molecule has 0 bridgehead atoms. The average molecular weight is 346 g/mol. The molecule has 7 nitrogen and oxygen atoms in total. The highest BCUT2D eigenvalue weighted by Crippen LogP contribution is 2.24. The lowest BCUT2D eigenvalue weighted by Gasteiger charge is -2.23. The number of aromatic hydroxyl groups is 2. The zero-order chi connectivity index (χ0) is 18.2. The van der Waals surface area contributed by atoms with Crippen LogP contribution in [0, 0.1) is 0 Å². The summed E-state index contributed by atoms with van der Waals surface area (Å²) in [5.41, 5.74) is 1.65. The molecule has 134 valence electrons. The van der Waals surface area contributed by atoms with Crippen molar-refractivity contribution in [3.05, 3.63) is 59.7 Å². The SMILES string of the molecule is O=C(O)N[C@@H](Cc1ccccc1)[C@@H](O)CNCc1ccc(O)c(O)c1. The van der Waals surface area contributed by atoms with E-state index in [4.69, 9.17) is 5.11 Å². The molecule has 2 rings (SSSR count). The van der Waals surface area contributed by atoms with Gasteiger partial charge in [0.05, 0.1) is 12.1 Å². The number of nitrogens with one attached hydrogen (secondary N) is 2. The second kappa shape index (κ2) is 8.91. The molecule has 1 amide bonds. The van der Waals surface area contributed by atoms with Crippen molar-refractivity contribution in [3.63, 3.8) is 0 Å². The molecule has 2 atom stereocenters. The number of benzene rings is 2. The van der Waals surface area contributed by atoms with E-state index in [0.29, 0.717) is 13.0 Å². The summed E-state index contributed by atoms with van der Waals surface area (Å²) in [4.78, 5) is 11.0. The smallest absolute Gasteiger partial charge is 0.404 e. The lowest BCUT2D eigenvalue weighted by atomic mass is 10.0. The van der Waals surface area contributed by atoms with Gasteiger partial charge in [0.1, 0.15) is 0 Å². The van der Waals surface area contributed by atoms with Crippen LogP contribution in [0.25, 0.3) is 0 Å². The standard InChI is InChI=1S/C18H22N2O5/c21-15-7-6-13(9-16(15)22)10-19-11-17(23)14(20-18(24)25)8-12-4-2-1-3-5-12/h1-7,9,14,17,19-23H,8,10-11H2,(H,24,25)/t14-,17-/m0/s1. The number of aliphatic hydroxyl groups is 1. The fraction of sp³-hybridized carbons (Fsp3) is 0.278. The predicted molar refractivity (Wildman–Crippen MR) is 92.6 cm³/mol. The van der Waals surface area contributed by atoms with Crippen molar-refractivity contribution in [2.75, 3.05) is 6.54 Å². The Bertz CT molecular complexity index is 693. The molecule has 0 heterocycles. The van der Waals surface area contributed by atoms with Crippen LogP contribution < -0.4 is 10.6 Å². The van der Waals surface area contributed by atoms with Crippen LogP contribution in [0.1, 0.15) is 11.1 Å². The van der Waals surface area contributed by atoms with Crippen LogP contribution in [-0.4, -0.2) is 45.2 Å². The number of rotatable bonds is 8. The average Bonchev–Trinajstić information content (AvgIpc) is 2.58. The summed E-state index contributed by atoms with van der Waals surface area (Å²) in [5, 5.41) is 43.4. The fourth-order valence-electron chi connectivity index (χ4n) is 2.50. The first-order valence-corrected chi connectivity index (χ1v) is 7.88. The molecule has 2 aromatic rings. The number of hydrogen-bond acceptors (Lipinski definition) is 5. The summed E-state index contributed by atoms with van der Waals surface area (Å²) in [7, 11) is 0. The van der Waals surface area contributed by atoms with Gasteiger partial charge in [-0.1, -0.05) is 36.4 Å². The van der Waals surface area contributed by atoms with Gasteiger partial charge in [0, 0.05) is 13.1 Å². The summed E-state index contributed by atoms with van der Waals surface area (Å²) in [6.07, 6.45) is -1.75. The second-order valence-electron chi connectivity index (χ2n) is 5.77. The van der Waals surface area contributed by atoms with Crippen LogP contribution in [0.5, 0.6) is 11.5 Å². The summed E-state index contributed by atoms with van der Waals surface area (Å²) in [6.45, 7) is 0.523. The van der Waals surface area contributed by atoms with E-state index in [-0.39, 0.29) is 18.0 Å². The number of aliphatic hydroxyl groups excluding tert-OH is 1. The first-order chi connectivity index (χ1) is 12.0. The third-order valence-electron chi connectivity index (χ3n) is 3.79. The molecule has 0 unspecified atom stereocenters. The summed E-state index contributed by atoms with van der Waals surface area (Å²) in [5.74, 6) is -0.410. The first kappa shape index (κ1) is 18.6. The first-order valence-electron chi connectivity index (χ1n) is 7.88. The van der Waals surface area contributed by atoms with Crippen molar-refractivity contribution in [2.24, 2.45) is 0 Å². The normalized spacial score (nSPS) is 13.2. The van der Waals surface area contributed by atoms with Gasteiger partial charge in [0.25, 0.3) is 0 Å². The number of carboxylic acid groups (broad SMARTS) is 1. The molecule has 0 aliphatic rings. The van der Waals surface area contributed by atoms with Crippen molar-refractivity contribution < 1.29 is 25.2 Å². The van der Waals surface area contributed by atoms with Gasteiger partial charge in [0.15, 0.2) is 11.5 Å². The van der Waals surface area contributed by atoms with E-state index < -0.39 is 18.2 Å². The molecular formula is C18H22N2O5. The van der Waals surface area contributed by atoms with Gasteiger partial charge in [-0.05, 0) is 29.7 Å². The maximum absolute atomic E-state index is 11.0. The zero-order valence-electron chi connectivity index (χ0n) is 13.6. The van der Waals surface area contributed by atoms with Crippen LogP contribution in [0.15, 0.2) is 48.5 Å². The molecule has 7 heteroatoms. The predicted octanol–water partition coefficient (Wildman–Crippen LogP) is 1.43. The number of phenols is 2. The Hall–Kier alpha value is -2.77. The molecule has 6 N–H and O–H groups in total. The van der Waals surface area contributed by atoms with Gasteiger partial charge >= 0.3 is 6.09 Å². The minimum absolute atomic E-state index is 0.166. The Morgan fingerprint density at radius 1 is 1.00 bits per heavy atom. The molecule has 0 radical (unpaired) electrons. The fourth-order valence-corrected chi connectivity index (χ4v) is 2.50. The molecule has 0 aromatic heterocycles. The summed E-state index contributed by atoms with van der Waals surface area (Å²) < 4.78 is 0.